The first-order valence-corrected chi connectivity index (χ1v) is 8.10. The number of hydrogen-bond donors (Lipinski definition) is 2. The number of carbonyl (C=O) groups is 2. The van der Waals surface area contributed by atoms with E-state index in [0.717, 1.165) is 0 Å². The molecule has 9 heteroatoms. The van der Waals surface area contributed by atoms with Crippen LogP contribution in [0.15, 0.2) is 27.6 Å². The van der Waals surface area contributed by atoms with Gasteiger partial charge in [-0.05, 0) is 23.8 Å². The molecule has 0 aromatic heterocycles. The molecule has 7 nitrogen and oxygen atoms in total. The van der Waals surface area contributed by atoms with E-state index in [1.54, 1.807) is 0 Å². The maximum absolute atomic E-state index is 12.1. The molecule has 2 N–H and O–H groups in total. The van der Waals surface area contributed by atoms with Gasteiger partial charge in [-0.3, -0.25) is 9.59 Å². The fourth-order valence-corrected chi connectivity index (χ4v) is 3.20. The largest absolute Gasteiger partial charge is 0.481 e. The van der Waals surface area contributed by atoms with Crippen molar-refractivity contribution in [3.8, 4) is 0 Å². The summed E-state index contributed by atoms with van der Waals surface area (Å²) < 4.78 is 31.6. The Kier molecular flexibility index (Phi) is 6.31. The Morgan fingerprint density at radius 2 is 2.05 bits per heavy atom. The number of halogens is 1. The molecule has 0 aliphatic rings. The number of rotatable bonds is 7. The van der Waals surface area contributed by atoms with Crippen molar-refractivity contribution in [2.24, 2.45) is 0 Å². The van der Waals surface area contributed by atoms with Crippen LogP contribution < -0.4 is 4.72 Å². The third kappa shape index (κ3) is 5.44. The summed E-state index contributed by atoms with van der Waals surface area (Å²) in [5.74, 6) is -1.68. The van der Waals surface area contributed by atoms with Gasteiger partial charge in [-0.1, -0.05) is 15.9 Å². The van der Waals surface area contributed by atoms with Crippen molar-refractivity contribution in [1.29, 1.82) is 0 Å². The first-order valence-electron chi connectivity index (χ1n) is 5.83. The van der Waals surface area contributed by atoms with E-state index >= 15 is 0 Å². The number of hydrogen-bond acceptors (Lipinski definition) is 5. The van der Waals surface area contributed by atoms with Crippen LogP contribution in [0.25, 0.3) is 0 Å². The van der Waals surface area contributed by atoms with Crippen LogP contribution in [-0.2, 0) is 30.8 Å². The van der Waals surface area contributed by atoms with Crippen molar-refractivity contribution >= 4 is 37.9 Å². The smallest absolute Gasteiger partial charge is 0.310 e. The Labute approximate surface area is 130 Å². The van der Waals surface area contributed by atoms with Crippen LogP contribution in [0.1, 0.15) is 12.0 Å². The molecule has 0 amide bonds. The van der Waals surface area contributed by atoms with Gasteiger partial charge in [0.15, 0.2) is 0 Å². The van der Waals surface area contributed by atoms with Crippen LogP contribution in [0.4, 0.5) is 0 Å². The van der Waals surface area contributed by atoms with Gasteiger partial charge in [-0.2, -0.15) is 0 Å². The Hall–Kier alpha value is -1.45. The van der Waals surface area contributed by atoms with Crippen molar-refractivity contribution in [2.75, 3.05) is 13.7 Å². The van der Waals surface area contributed by atoms with E-state index in [-0.39, 0.29) is 29.8 Å². The molecule has 0 spiro atoms. The Bertz CT molecular complexity index is 643. The topological polar surface area (TPSA) is 110 Å². The monoisotopic (exact) mass is 379 g/mol. The minimum atomic E-state index is -3.90. The molecule has 0 saturated carbocycles. The molecule has 0 bridgehead atoms. The second kappa shape index (κ2) is 7.53. The fourth-order valence-electron chi connectivity index (χ4n) is 1.55. The summed E-state index contributed by atoms with van der Waals surface area (Å²) in [6.07, 6.45) is -0.535. The van der Waals surface area contributed by atoms with Crippen molar-refractivity contribution in [1.82, 2.24) is 4.72 Å². The summed E-state index contributed by atoms with van der Waals surface area (Å²) in [4.78, 5) is 21.7. The van der Waals surface area contributed by atoms with Crippen molar-refractivity contribution < 1.29 is 27.9 Å². The number of esters is 1. The Morgan fingerprint density at radius 1 is 1.38 bits per heavy atom. The number of carbonyl (C=O) groups excluding carboxylic acids is 1. The van der Waals surface area contributed by atoms with E-state index in [1.165, 1.54) is 25.3 Å². The van der Waals surface area contributed by atoms with Gasteiger partial charge >= 0.3 is 11.9 Å². The molecule has 1 aromatic rings. The van der Waals surface area contributed by atoms with E-state index in [4.69, 9.17) is 5.11 Å². The third-order valence-electron chi connectivity index (χ3n) is 2.51. The quantitative estimate of drug-likeness (QED) is 0.681. The summed E-state index contributed by atoms with van der Waals surface area (Å²) >= 11 is 3.20. The average molecular weight is 380 g/mol. The highest BCUT2D eigenvalue weighted by atomic mass is 79.9. The van der Waals surface area contributed by atoms with Crippen LogP contribution in [0.5, 0.6) is 0 Å². The van der Waals surface area contributed by atoms with Crippen molar-refractivity contribution in [2.45, 2.75) is 17.7 Å². The summed E-state index contributed by atoms with van der Waals surface area (Å²) in [5.41, 5.74) is 0.263. The summed E-state index contributed by atoms with van der Waals surface area (Å²) in [6, 6.07) is 4.36. The zero-order valence-electron chi connectivity index (χ0n) is 11.1. The van der Waals surface area contributed by atoms with Gasteiger partial charge in [0.25, 0.3) is 0 Å². The summed E-state index contributed by atoms with van der Waals surface area (Å²) in [6.45, 7) is -0.231. The summed E-state index contributed by atoms with van der Waals surface area (Å²) in [7, 11) is -2.69. The van der Waals surface area contributed by atoms with Crippen LogP contribution in [0, 0.1) is 0 Å². The zero-order chi connectivity index (χ0) is 16.0. The van der Waals surface area contributed by atoms with Gasteiger partial charge in [-0.15, -0.1) is 0 Å². The van der Waals surface area contributed by atoms with Crippen LogP contribution in [0.3, 0.4) is 0 Å². The van der Waals surface area contributed by atoms with Gasteiger partial charge in [0.1, 0.15) is 0 Å². The van der Waals surface area contributed by atoms with Gasteiger partial charge < -0.3 is 9.84 Å². The lowest BCUT2D eigenvalue weighted by atomic mass is 10.1. The lowest BCUT2D eigenvalue weighted by Crippen LogP contribution is -2.27. The highest BCUT2D eigenvalue weighted by Crippen LogP contribution is 2.21. The van der Waals surface area contributed by atoms with E-state index in [1.807, 2.05) is 0 Å². The van der Waals surface area contributed by atoms with E-state index in [2.05, 4.69) is 25.4 Å². The lowest BCUT2D eigenvalue weighted by Gasteiger charge is -2.11. The number of methoxy groups -OCH3 is 1. The van der Waals surface area contributed by atoms with Crippen LogP contribution >= 0.6 is 15.9 Å². The lowest BCUT2D eigenvalue weighted by molar-refractivity contribution is -0.140. The van der Waals surface area contributed by atoms with Gasteiger partial charge in [-0.25, -0.2) is 13.1 Å². The Morgan fingerprint density at radius 3 is 2.62 bits per heavy atom. The predicted octanol–water partition coefficient (Wildman–Crippen LogP) is 0.918. The molecule has 0 heterocycles. The van der Waals surface area contributed by atoms with E-state index in [0.29, 0.717) is 4.47 Å². The first kappa shape index (κ1) is 17.6. The highest BCUT2D eigenvalue weighted by Gasteiger charge is 2.20. The average Bonchev–Trinajstić information content (AvgIpc) is 2.37. The molecule has 1 aromatic carbocycles. The number of carboxylic acids is 1. The fraction of sp³-hybridized carbons (Fsp3) is 0.333. The zero-order valence-corrected chi connectivity index (χ0v) is 13.5. The molecule has 0 fully saturated rings. The van der Waals surface area contributed by atoms with E-state index in [9.17, 15) is 18.0 Å². The number of carboxylic acid groups (broad SMARTS) is 1. The maximum atomic E-state index is 12.1. The van der Waals surface area contributed by atoms with Gasteiger partial charge in [0, 0.05) is 11.0 Å². The molecule has 0 unspecified atom stereocenters. The van der Waals surface area contributed by atoms with Crippen LogP contribution in [0.2, 0.25) is 0 Å². The molecule has 0 aliphatic carbocycles. The number of ether oxygens (including phenoxy) is 1. The number of nitrogens with one attached hydrogen (secondary N) is 1. The minimum Gasteiger partial charge on any atom is -0.481 e. The molecule has 0 atom stereocenters. The van der Waals surface area contributed by atoms with Crippen LogP contribution in [-0.4, -0.2) is 39.1 Å². The second-order valence-electron chi connectivity index (χ2n) is 4.05. The number of sulfonamides is 1. The summed E-state index contributed by atoms with van der Waals surface area (Å²) in [5, 5.41) is 8.52. The number of benzene rings is 1. The van der Waals surface area contributed by atoms with Gasteiger partial charge in [0.2, 0.25) is 10.0 Å². The molecule has 116 valence electrons. The van der Waals surface area contributed by atoms with Crippen molar-refractivity contribution in [3.05, 3.63) is 28.2 Å². The molecule has 21 heavy (non-hydrogen) atoms. The SMILES string of the molecule is COC(=O)Cc1cc(Br)ccc1S(=O)(=O)NCCC(=O)O. The molecule has 0 aliphatic heterocycles. The van der Waals surface area contributed by atoms with E-state index < -0.39 is 22.0 Å². The van der Waals surface area contributed by atoms with Crippen molar-refractivity contribution in [3.63, 3.8) is 0 Å². The Balaban J connectivity index is 3.04. The minimum absolute atomic E-state index is 0.0820. The highest BCUT2D eigenvalue weighted by molar-refractivity contribution is 9.10. The molecule has 1 rings (SSSR count). The first-order chi connectivity index (χ1) is 9.76. The maximum Gasteiger partial charge on any atom is 0.310 e. The number of aliphatic carboxylic acids is 1. The predicted molar refractivity (Wildman–Crippen MR) is 77.3 cm³/mol. The molecule has 0 saturated heterocycles. The second-order valence-corrected chi connectivity index (χ2v) is 6.70. The van der Waals surface area contributed by atoms with Gasteiger partial charge in [0.05, 0.1) is 24.8 Å². The third-order valence-corrected chi connectivity index (χ3v) is 4.56. The normalized spacial score (nSPS) is 11.1. The standard InChI is InChI=1S/C12H14BrNO6S/c1-20-12(17)7-8-6-9(13)2-3-10(8)21(18,19)14-5-4-11(15)16/h2-3,6,14H,4-5,7H2,1H3,(H,15,16). The molecule has 0 radical (unpaired) electrons. The molecular weight excluding hydrogens is 366 g/mol. The molecular formula is C12H14BrNO6S.